The third-order valence-corrected chi connectivity index (χ3v) is 5.40. The highest BCUT2D eigenvalue weighted by atomic mass is 19.1. The van der Waals surface area contributed by atoms with Gasteiger partial charge in [-0.2, -0.15) is 0 Å². The maximum atomic E-state index is 13.1. The van der Waals surface area contributed by atoms with Crippen molar-refractivity contribution in [1.29, 1.82) is 0 Å². The van der Waals surface area contributed by atoms with Crippen molar-refractivity contribution in [2.75, 3.05) is 19.7 Å². The highest BCUT2D eigenvalue weighted by molar-refractivity contribution is 5.96. The first-order valence-electron chi connectivity index (χ1n) is 9.53. The van der Waals surface area contributed by atoms with Gasteiger partial charge in [-0.1, -0.05) is 18.9 Å². The second-order valence-corrected chi connectivity index (χ2v) is 7.19. The molecule has 6 nitrogen and oxygen atoms in total. The number of nitrogens with zero attached hydrogens (tertiary/aromatic N) is 1. The van der Waals surface area contributed by atoms with Crippen LogP contribution in [0.3, 0.4) is 0 Å². The molecule has 1 aromatic carbocycles. The van der Waals surface area contributed by atoms with Gasteiger partial charge in [0.15, 0.2) is 6.61 Å². The van der Waals surface area contributed by atoms with Crippen molar-refractivity contribution in [2.24, 2.45) is 5.92 Å². The van der Waals surface area contributed by atoms with E-state index in [1.54, 1.807) is 0 Å². The quantitative estimate of drug-likeness (QED) is 0.800. The Morgan fingerprint density at radius 1 is 1.15 bits per heavy atom. The van der Waals surface area contributed by atoms with Crippen LogP contribution in [0.2, 0.25) is 0 Å². The highest BCUT2D eigenvalue weighted by Gasteiger charge is 2.35. The van der Waals surface area contributed by atoms with Crippen LogP contribution >= 0.6 is 0 Å². The third kappa shape index (κ3) is 5.05. The molecule has 0 spiro atoms. The summed E-state index contributed by atoms with van der Waals surface area (Å²) in [7, 11) is 0. The van der Waals surface area contributed by atoms with Crippen molar-refractivity contribution in [3.8, 4) is 0 Å². The molecule has 0 aromatic heterocycles. The lowest BCUT2D eigenvalue weighted by atomic mass is 9.78. The van der Waals surface area contributed by atoms with Gasteiger partial charge >= 0.3 is 5.97 Å². The molecule has 1 saturated carbocycles. The summed E-state index contributed by atoms with van der Waals surface area (Å²) >= 11 is 0. The number of hydrogen-bond acceptors (Lipinski definition) is 4. The average molecular weight is 376 g/mol. The van der Waals surface area contributed by atoms with Crippen molar-refractivity contribution in [1.82, 2.24) is 10.2 Å². The summed E-state index contributed by atoms with van der Waals surface area (Å²) < 4.78 is 18.1. The number of nitrogens with one attached hydrogen (secondary N) is 1. The van der Waals surface area contributed by atoms with Crippen LogP contribution in [0, 0.1) is 11.7 Å². The van der Waals surface area contributed by atoms with Crippen molar-refractivity contribution < 1.29 is 23.5 Å². The topological polar surface area (TPSA) is 75.7 Å². The molecule has 3 rings (SSSR count). The number of carbonyl (C=O) groups excluding carboxylic acids is 3. The van der Waals surface area contributed by atoms with E-state index < -0.39 is 17.7 Å². The predicted octanol–water partition coefficient (Wildman–Crippen LogP) is 2.28. The Labute approximate surface area is 158 Å². The lowest BCUT2D eigenvalue weighted by Crippen LogP contribution is -2.51. The zero-order chi connectivity index (χ0) is 19.2. The number of ether oxygens (including phenoxy) is 1. The van der Waals surface area contributed by atoms with Crippen LogP contribution in [0.1, 0.15) is 48.9 Å². The fourth-order valence-corrected chi connectivity index (χ4v) is 4.09. The van der Waals surface area contributed by atoms with Gasteiger partial charge in [-0.15, -0.1) is 0 Å². The standard InChI is InChI=1S/C20H25FN2O4/c21-16-8-3-6-15(11-16)20(26)22-12-19(25)27-13-18(24)23-10-4-7-14-5-1-2-9-17(14)23/h3,6,8,11,14,17H,1-2,4-5,7,9-10,12-13H2,(H,22,26)/t14-,17-/m0/s1. The maximum Gasteiger partial charge on any atom is 0.325 e. The largest absolute Gasteiger partial charge is 0.454 e. The minimum atomic E-state index is -0.690. The SMILES string of the molecule is O=C(CNC(=O)c1cccc(F)c1)OCC(=O)N1CCC[C@@H]2CCCC[C@@H]21. The van der Waals surface area contributed by atoms with E-state index in [0.717, 1.165) is 25.3 Å². The summed E-state index contributed by atoms with van der Waals surface area (Å²) in [6, 6.07) is 5.45. The molecule has 2 fully saturated rings. The molecule has 1 saturated heterocycles. The molecule has 7 heteroatoms. The van der Waals surface area contributed by atoms with E-state index in [4.69, 9.17) is 4.74 Å². The van der Waals surface area contributed by atoms with Gasteiger partial charge < -0.3 is 15.0 Å². The summed E-state index contributed by atoms with van der Waals surface area (Å²) in [5.74, 6) is -1.39. The molecule has 0 bridgehead atoms. The number of carbonyl (C=O) groups is 3. The molecule has 0 radical (unpaired) electrons. The number of rotatable bonds is 5. The molecular weight excluding hydrogens is 351 g/mol. The van der Waals surface area contributed by atoms with E-state index in [-0.39, 0.29) is 30.7 Å². The average Bonchev–Trinajstić information content (AvgIpc) is 2.69. The van der Waals surface area contributed by atoms with Crippen LogP contribution in [-0.4, -0.2) is 48.4 Å². The first-order chi connectivity index (χ1) is 13.0. The van der Waals surface area contributed by atoms with Crippen LogP contribution in [0.5, 0.6) is 0 Å². The Morgan fingerprint density at radius 2 is 1.93 bits per heavy atom. The Morgan fingerprint density at radius 3 is 2.74 bits per heavy atom. The van der Waals surface area contributed by atoms with Gasteiger partial charge in [0.25, 0.3) is 11.8 Å². The predicted molar refractivity (Wildman–Crippen MR) is 96.4 cm³/mol. The molecular formula is C20H25FN2O4. The van der Waals surface area contributed by atoms with E-state index in [1.165, 1.54) is 37.5 Å². The first-order valence-corrected chi connectivity index (χ1v) is 9.53. The van der Waals surface area contributed by atoms with Crippen LogP contribution < -0.4 is 5.32 Å². The van der Waals surface area contributed by atoms with Crippen LogP contribution in [-0.2, 0) is 14.3 Å². The number of halogens is 1. The molecule has 1 aliphatic carbocycles. The van der Waals surface area contributed by atoms with Crippen molar-refractivity contribution in [2.45, 2.75) is 44.6 Å². The Hall–Kier alpha value is -2.44. The molecule has 0 unspecified atom stereocenters. The van der Waals surface area contributed by atoms with Crippen molar-refractivity contribution in [3.05, 3.63) is 35.6 Å². The highest BCUT2D eigenvalue weighted by Crippen LogP contribution is 2.35. The molecule has 1 aromatic rings. The summed E-state index contributed by atoms with van der Waals surface area (Å²) in [5.41, 5.74) is 0.121. The van der Waals surface area contributed by atoms with Gasteiger partial charge in [-0.25, -0.2) is 4.39 Å². The molecule has 1 N–H and O–H groups in total. The van der Waals surface area contributed by atoms with Crippen LogP contribution in [0.4, 0.5) is 4.39 Å². The van der Waals surface area contributed by atoms with E-state index in [1.807, 2.05) is 4.90 Å². The molecule has 2 aliphatic rings. The Bertz CT molecular complexity index is 707. The number of benzene rings is 1. The zero-order valence-electron chi connectivity index (χ0n) is 15.3. The number of amides is 2. The van der Waals surface area contributed by atoms with E-state index >= 15 is 0 Å². The summed E-state index contributed by atoms with van der Waals surface area (Å²) in [6.45, 7) is 0.0421. The number of fused-ring (bicyclic) bond motifs is 1. The number of piperidine rings is 1. The third-order valence-electron chi connectivity index (χ3n) is 5.40. The first kappa shape index (κ1) is 19.3. The van der Waals surface area contributed by atoms with Crippen LogP contribution in [0.25, 0.3) is 0 Å². The normalized spacial score (nSPS) is 21.9. The lowest BCUT2D eigenvalue weighted by Gasteiger charge is -2.44. The van der Waals surface area contributed by atoms with Crippen molar-refractivity contribution >= 4 is 17.8 Å². The van der Waals surface area contributed by atoms with Gasteiger partial charge in [0.1, 0.15) is 12.4 Å². The summed E-state index contributed by atoms with van der Waals surface area (Å²) in [4.78, 5) is 38.1. The second-order valence-electron chi connectivity index (χ2n) is 7.19. The molecule has 1 heterocycles. The fraction of sp³-hybridized carbons (Fsp3) is 0.550. The second kappa shape index (κ2) is 8.97. The smallest absolute Gasteiger partial charge is 0.325 e. The monoisotopic (exact) mass is 376 g/mol. The molecule has 2 atom stereocenters. The fourth-order valence-electron chi connectivity index (χ4n) is 4.09. The van der Waals surface area contributed by atoms with E-state index in [0.29, 0.717) is 12.5 Å². The minimum absolute atomic E-state index is 0.121. The molecule has 27 heavy (non-hydrogen) atoms. The van der Waals surface area contributed by atoms with Gasteiger partial charge in [-0.05, 0) is 49.8 Å². The van der Waals surface area contributed by atoms with E-state index in [2.05, 4.69) is 5.32 Å². The maximum absolute atomic E-state index is 13.1. The van der Waals surface area contributed by atoms with Gasteiger partial charge in [0.05, 0.1) is 0 Å². The minimum Gasteiger partial charge on any atom is -0.454 e. The van der Waals surface area contributed by atoms with Gasteiger partial charge in [-0.3, -0.25) is 14.4 Å². The molecule has 146 valence electrons. The van der Waals surface area contributed by atoms with Gasteiger partial charge in [0, 0.05) is 18.2 Å². The number of esters is 1. The number of hydrogen-bond donors (Lipinski definition) is 1. The zero-order valence-corrected chi connectivity index (χ0v) is 15.3. The lowest BCUT2D eigenvalue weighted by molar-refractivity contribution is -0.154. The Kier molecular flexibility index (Phi) is 6.42. The summed E-state index contributed by atoms with van der Waals surface area (Å²) in [6.07, 6.45) is 6.71. The molecule has 1 aliphatic heterocycles. The van der Waals surface area contributed by atoms with Crippen molar-refractivity contribution in [3.63, 3.8) is 0 Å². The summed E-state index contributed by atoms with van der Waals surface area (Å²) in [5, 5.41) is 2.37. The van der Waals surface area contributed by atoms with Crippen LogP contribution in [0.15, 0.2) is 24.3 Å². The molecule has 2 amide bonds. The Balaban J connectivity index is 1.43. The number of likely N-dealkylation sites (tertiary alicyclic amines) is 1. The van der Waals surface area contributed by atoms with Gasteiger partial charge in [0.2, 0.25) is 0 Å². The van der Waals surface area contributed by atoms with E-state index in [9.17, 15) is 18.8 Å².